The van der Waals surface area contributed by atoms with Gasteiger partial charge >= 0.3 is 5.97 Å². The lowest BCUT2D eigenvalue weighted by Crippen LogP contribution is -2.57. The third-order valence-electron chi connectivity index (χ3n) is 7.15. The van der Waals surface area contributed by atoms with Crippen molar-refractivity contribution in [2.45, 2.75) is 51.7 Å². The first-order valence-corrected chi connectivity index (χ1v) is 9.23. The molecule has 0 bridgehead atoms. The summed E-state index contributed by atoms with van der Waals surface area (Å²) in [6.45, 7) is 8.45. The monoisotopic (exact) mass is 350 g/mol. The zero-order valence-electron chi connectivity index (χ0n) is 15.1. The Hall–Kier alpha value is -1.17. The van der Waals surface area contributed by atoms with Crippen molar-refractivity contribution in [2.75, 3.05) is 13.2 Å². The molecule has 0 aromatic rings. The van der Waals surface area contributed by atoms with E-state index in [0.717, 1.165) is 24.8 Å². The number of esters is 1. The van der Waals surface area contributed by atoms with Gasteiger partial charge in [-0.05, 0) is 37.0 Å². The minimum atomic E-state index is -0.792. The van der Waals surface area contributed by atoms with E-state index >= 15 is 0 Å². The van der Waals surface area contributed by atoms with E-state index in [-0.39, 0.29) is 36.4 Å². The molecule has 0 aromatic heterocycles. The van der Waals surface area contributed by atoms with Crippen LogP contribution in [0.25, 0.3) is 0 Å². The minimum absolute atomic E-state index is 0.0367. The number of ether oxygens (including phenoxy) is 1. The maximum atomic E-state index is 11.8. The van der Waals surface area contributed by atoms with Crippen LogP contribution < -0.4 is 0 Å². The van der Waals surface area contributed by atoms with Crippen LogP contribution in [-0.4, -0.2) is 46.7 Å². The van der Waals surface area contributed by atoms with Crippen molar-refractivity contribution in [2.24, 2.45) is 28.6 Å². The lowest BCUT2D eigenvalue weighted by molar-refractivity contribution is -0.146. The highest BCUT2D eigenvalue weighted by Crippen LogP contribution is 2.61. The Morgan fingerprint density at radius 3 is 2.60 bits per heavy atom. The number of aliphatic hydroxyl groups excluding tert-OH is 3. The fourth-order valence-corrected chi connectivity index (χ4v) is 5.45. The second-order valence-electron chi connectivity index (χ2n) is 8.56. The molecule has 5 heteroatoms. The average Bonchev–Trinajstić information content (AvgIpc) is 2.89. The van der Waals surface area contributed by atoms with Gasteiger partial charge in [0.15, 0.2) is 0 Å². The lowest BCUT2D eigenvalue weighted by Gasteiger charge is -2.59. The predicted octanol–water partition coefficient (Wildman–Crippen LogP) is 1.82. The van der Waals surface area contributed by atoms with E-state index in [9.17, 15) is 20.1 Å². The minimum Gasteiger partial charge on any atom is -0.462 e. The molecule has 1 heterocycles. The standard InChI is InChI=1S/C20H30O5/c1-12-4-7-16-19(2,9-8-17(23)20(16,3)11-21)14(12)6-5-13-15(22)10-25-18(13)24/h5-6,13-17,21-23H,1,4,7-11H2,2-3H3/b6-5+/t13?,14?,15-,16+,17-,19+,20+/m1/s1. The maximum Gasteiger partial charge on any atom is 0.315 e. The van der Waals surface area contributed by atoms with E-state index in [2.05, 4.69) is 13.5 Å². The fourth-order valence-electron chi connectivity index (χ4n) is 5.45. The lowest BCUT2D eigenvalue weighted by atomic mass is 9.46. The maximum absolute atomic E-state index is 11.8. The zero-order chi connectivity index (χ0) is 18.4. The first kappa shape index (κ1) is 18.6. The van der Waals surface area contributed by atoms with E-state index in [4.69, 9.17) is 4.74 Å². The van der Waals surface area contributed by atoms with Gasteiger partial charge in [0.2, 0.25) is 0 Å². The molecule has 3 aliphatic rings. The quantitative estimate of drug-likeness (QED) is 0.534. The Morgan fingerprint density at radius 2 is 2.00 bits per heavy atom. The highest BCUT2D eigenvalue weighted by Gasteiger charge is 2.57. The van der Waals surface area contributed by atoms with Gasteiger partial charge in [-0.1, -0.05) is 38.2 Å². The molecule has 140 valence electrons. The topological polar surface area (TPSA) is 87.0 Å². The summed E-state index contributed by atoms with van der Waals surface area (Å²) >= 11 is 0. The van der Waals surface area contributed by atoms with Gasteiger partial charge < -0.3 is 20.1 Å². The highest BCUT2D eigenvalue weighted by molar-refractivity contribution is 5.77. The molecule has 7 atom stereocenters. The summed E-state index contributed by atoms with van der Waals surface area (Å²) in [5.41, 5.74) is 0.467. The molecule has 0 spiro atoms. The van der Waals surface area contributed by atoms with Crippen LogP contribution in [0.3, 0.4) is 0 Å². The van der Waals surface area contributed by atoms with Crippen LogP contribution in [0.5, 0.6) is 0 Å². The Labute approximate surface area is 149 Å². The van der Waals surface area contributed by atoms with Crippen molar-refractivity contribution >= 4 is 5.97 Å². The average molecular weight is 350 g/mol. The molecule has 5 nitrogen and oxygen atoms in total. The van der Waals surface area contributed by atoms with Gasteiger partial charge in [-0.15, -0.1) is 0 Å². The van der Waals surface area contributed by atoms with Crippen LogP contribution >= 0.6 is 0 Å². The molecular formula is C20H30O5. The number of allylic oxidation sites excluding steroid dienone is 2. The highest BCUT2D eigenvalue weighted by atomic mass is 16.6. The first-order chi connectivity index (χ1) is 11.7. The molecule has 0 aromatic carbocycles. The third kappa shape index (κ3) is 2.86. The number of hydrogen-bond donors (Lipinski definition) is 3. The van der Waals surface area contributed by atoms with E-state index in [1.54, 1.807) is 6.08 Å². The van der Waals surface area contributed by atoms with Crippen molar-refractivity contribution in [3.8, 4) is 0 Å². The number of carbonyl (C=O) groups is 1. The van der Waals surface area contributed by atoms with Gasteiger partial charge in [0.25, 0.3) is 0 Å². The molecular weight excluding hydrogens is 320 g/mol. The predicted molar refractivity (Wildman–Crippen MR) is 93.5 cm³/mol. The number of fused-ring (bicyclic) bond motifs is 1. The molecule has 2 saturated carbocycles. The molecule has 3 rings (SSSR count). The summed E-state index contributed by atoms with van der Waals surface area (Å²) in [5.74, 6) is -0.763. The van der Waals surface area contributed by atoms with Gasteiger partial charge in [-0.25, -0.2) is 0 Å². The van der Waals surface area contributed by atoms with E-state index in [1.165, 1.54) is 0 Å². The van der Waals surface area contributed by atoms with Gasteiger partial charge in [-0.3, -0.25) is 4.79 Å². The molecule has 3 N–H and O–H groups in total. The zero-order valence-corrected chi connectivity index (χ0v) is 15.1. The van der Waals surface area contributed by atoms with Crippen LogP contribution in [-0.2, 0) is 9.53 Å². The molecule has 1 aliphatic heterocycles. The van der Waals surface area contributed by atoms with Crippen LogP contribution in [0, 0.1) is 28.6 Å². The Bertz CT molecular complexity index is 585. The smallest absolute Gasteiger partial charge is 0.315 e. The largest absolute Gasteiger partial charge is 0.462 e. The van der Waals surface area contributed by atoms with Crippen molar-refractivity contribution in [3.63, 3.8) is 0 Å². The second-order valence-corrected chi connectivity index (χ2v) is 8.56. The third-order valence-corrected chi connectivity index (χ3v) is 7.15. The van der Waals surface area contributed by atoms with Crippen LogP contribution in [0.15, 0.2) is 24.3 Å². The van der Waals surface area contributed by atoms with Gasteiger partial charge in [0, 0.05) is 11.3 Å². The molecule has 3 fully saturated rings. The summed E-state index contributed by atoms with van der Waals surface area (Å²) in [6.07, 6.45) is 5.72. The number of carbonyl (C=O) groups excluding carboxylic acids is 1. The number of cyclic esters (lactones) is 1. The van der Waals surface area contributed by atoms with Crippen molar-refractivity contribution in [1.82, 2.24) is 0 Å². The Kier molecular flexibility index (Phi) is 4.86. The Morgan fingerprint density at radius 1 is 1.28 bits per heavy atom. The molecule has 2 aliphatic carbocycles. The summed E-state index contributed by atoms with van der Waals surface area (Å²) in [4.78, 5) is 11.8. The molecule has 0 radical (unpaired) electrons. The fraction of sp³-hybridized carbons (Fsp3) is 0.750. The number of aliphatic hydroxyl groups is 3. The molecule has 2 unspecified atom stereocenters. The summed E-state index contributed by atoms with van der Waals surface area (Å²) in [5, 5.41) is 30.4. The summed E-state index contributed by atoms with van der Waals surface area (Å²) in [6, 6.07) is 0. The number of rotatable bonds is 3. The second kappa shape index (κ2) is 6.53. The normalized spacial score (nSPS) is 47.8. The summed E-state index contributed by atoms with van der Waals surface area (Å²) < 4.78 is 4.91. The van der Waals surface area contributed by atoms with Crippen LogP contribution in [0.2, 0.25) is 0 Å². The first-order valence-electron chi connectivity index (χ1n) is 9.23. The van der Waals surface area contributed by atoms with Gasteiger partial charge in [-0.2, -0.15) is 0 Å². The van der Waals surface area contributed by atoms with E-state index < -0.39 is 23.5 Å². The molecule has 0 amide bonds. The molecule has 1 saturated heterocycles. The van der Waals surface area contributed by atoms with Gasteiger partial charge in [0.1, 0.15) is 18.6 Å². The van der Waals surface area contributed by atoms with Crippen molar-refractivity contribution < 1.29 is 24.9 Å². The van der Waals surface area contributed by atoms with Crippen molar-refractivity contribution in [1.29, 1.82) is 0 Å². The Balaban J connectivity index is 1.90. The van der Waals surface area contributed by atoms with Crippen LogP contribution in [0.1, 0.15) is 39.5 Å². The van der Waals surface area contributed by atoms with Gasteiger partial charge in [0.05, 0.1) is 12.7 Å². The SMILES string of the molecule is C=C1CC[C@@H]2[C@](C)(CO)[C@H](O)CC[C@@]2(C)C1/C=C/C1C(=O)OC[C@H]1O. The number of hydrogen-bond acceptors (Lipinski definition) is 5. The summed E-state index contributed by atoms with van der Waals surface area (Å²) in [7, 11) is 0. The van der Waals surface area contributed by atoms with E-state index in [1.807, 2.05) is 13.0 Å². The van der Waals surface area contributed by atoms with E-state index in [0.29, 0.717) is 6.42 Å². The van der Waals surface area contributed by atoms with Crippen LogP contribution in [0.4, 0.5) is 0 Å². The van der Waals surface area contributed by atoms with Crippen molar-refractivity contribution in [3.05, 3.63) is 24.3 Å². The molecule has 25 heavy (non-hydrogen) atoms.